The number of esters is 1. The summed E-state index contributed by atoms with van der Waals surface area (Å²) in [5.41, 5.74) is 4.10. The molecule has 0 saturated carbocycles. The molecule has 0 spiro atoms. The van der Waals surface area contributed by atoms with Gasteiger partial charge in [-0.2, -0.15) is 0 Å². The Morgan fingerprint density at radius 2 is 1.97 bits per heavy atom. The Labute approximate surface area is 184 Å². The van der Waals surface area contributed by atoms with Gasteiger partial charge < -0.3 is 14.7 Å². The van der Waals surface area contributed by atoms with Crippen molar-refractivity contribution in [3.8, 4) is 0 Å². The lowest BCUT2D eigenvalue weighted by atomic mass is 9.68. The highest BCUT2D eigenvalue weighted by molar-refractivity contribution is 5.74. The zero-order chi connectivity index (χ0) is 22.2. The molecule has 2 fully saturated rings. The summed E-state index contributed by atoms with van der Waals surface area (Å²) in [6.45, 7) is 8.65. The lowest BCUT2D eigenvalue weighted by Gasteiger charge is -2.42. The monoisotopic (exact) mass is 427 g/mol. The largest absolute Gasteiger partial charge is 0.458 e. The molecule has 3 aliphatic rings. The average molecular weight is 428 g/mol. The van der Waals surface area contributed by atoms with Crippen LogP contribution in [0.4, 0.5) is 4.39 Å². The topological polar surface area (TPSA) is 49.8 Å². The standard InChI is InChI=1S/C26H34FNO3/c1-17-12-18(6-9-24(17)27)22-13-19(28-10-4-5-11-28)16-26(2,3)23(22)8-7-21-14-20(29)15-25(30)31-21/h6-9,12,19-21,29H,4-5,10-11,13-16H2,1-3H3/t19?,20-,21-/m1/s1. The number of aliphatic hydroxyl groups excluding tert-OH is 1. The number of carbonyl (C=O) groups excluding carboxylic acids is 1. The molecule has 1 aliphatic carbocycles. The zero-order valence-corrected chi connectivity index (χ0v) is 18.9. The summed E-state index contributed by atoms with van der Waals surface area (Å²) >= 11 is 0. The number of hydrogen-bond acceptors (Lipinski definition) is 4. The Bertz CT molecular complexity index is 898. The number of carbonyl (C=O) groups is 1. The van der Waals surface area contributed by atoms with Crippen LogP contribution in [0.2, 0.25) is 0 Å². The highest BCUT2D eigenvalue weighted by Gasteiger charge is 2.38. The second-order valence-corrected chi connectivity index (χ2v) is 10.0. The van der Waals surface area contributed by atoms with Crippen LogP contribution in [0.15, 0.2) is 35.9 Å². The first kappa shape index (κ1) is 22.2. The first-order chi connectivity index (χ1) is 14.7. The number of aliphatic hydroxyl groups is 1. The van der Waals surface area contributed by atoms with Crippen molar-refractivity contribution in [2.24, 2.45) is 5.41 Å². The number of likely N-dealkylation sites (tertiary alicyclic amines) is 1. The minimum absolute atomic E-state index is 0.0656. The number of nitrogens with zero attached hydrogens (tertiary/aromatic N) is 1. The third-order valence-electron chi connectivity index (χ3n) is 7.07. The molecule has 31 heavy (non-hydrogen) atoms. The van der Waals surface area contributed by atoms with Gasteiger partial charge >= 0.3 is 5.97 Å². The Morgan fingerprint density at radius 1 is 1.23 bits per heavy atom. The number of hydrogen-bond donors (Lipinski definition) is 1. The van der Waals surface area contributed by atoms with Gasteiger partial charge in [0.1, 0.15) is 11.9 Å². The predicted octanol–water partition coefficient (Wildman–Crippen LogP) is 4.79. The first-order valence-corrected chi connectivity index (χ1v) is 11.5. The summed E-state index contributed by atoms with van der Waals surface area (Å²) in [4.78, 5) is 14.3. The van der Waals surface area contributed by atoms with Crippen molar-refractivity contribution in [1.82, 2.24) is 4.90 Å². The minimum atomic E-state index is -0.650. The molecule has 168 valence electrons. The van der Waals surface area contributed by atoms with Crippen LogP contribution in [-0.2, 0) is 9.53 Å². The van der Waals surface area contributed by atoms with E-state index in [0.29, 0.717) is 18.0 Å². The lowest BCUT2D eigenvalue weighted by molar-refractivity contribution is -0.156. The van der Waals surface area contributed by atoms with Crippen LogP contribution in [0.3, 0.4) is 0 Å². The van der Waals surface area contributed by atoms with E-state index < -0.39 is 12.2 Å². The smallest absolute Gasteiger partial charge is 0.309 e. The molecule has 1 aromatic rings. The number of ether oxygens (including phenoxy) is 1. The van der Waals surface area contributed by atoms with E-state index in [9.17, 15) is 14.3 Å². The molecule has 1 aromatic carbocycles. The maximum Gasteiger partial charge on any atom is 0.309 e. The molecular formula is C26H34FNO3. The fourth-order valence-electron chi connectivity index (χ4n) is 5.45. The molecule has 2 saturated heterocycles. The second kappa shape index (κ2) is 8.87. The molecule has 5 heteroatoms. The Kier molecular flexibility index (Phi) is 6.36. The maximum absolute atomic E-state index is 14.0. The molecule has 2 heterocycles. The summed E-state index contributed by atoms with van der Waals surface area (Å²) < 4.78 is 19.4. The summed E-state index contributed by atoms with van der Waals surface area (Å²) in [7, 11) is 0. The number of rotatable bonds is 4. The Hall–Kier alpha value is -1.98. The zero-order valence-electron chi connectivity index (χ0n) is 18.9. The van der Waals surface area contributed by atoms with Gasteiger partial charge in [0.25, 0.3) is 0 Å². The summed E-state index contributed by atoms with van der Waals surface area (Å²) in [5, 5.41) is 9.94. The van der Waals surface area contributed by atoms with Crippen molar-refractivity contribution in [2.75, 3.05) is 13.1 Å². The van der Waals surface area contributed by atoms with Crippen LogP contribution in [0.5, 0.6) is 0 Å². The van der Waals surface area contributed by atoms with Gasteiger partial charge in [-0.1, -0.05) is 26.0 Å². The molecule has 1 unspecified atom stereocenters. The van der Waals surface area contributed by atoms with Gasteiger partial charge in [0.2, 0.25) is 0 Å². The number of aryl methyl sites for hydroxylation is 1. The van der Waals surface area contributed by atoms with E-state index in [2.05, 4.69) is 24.8 Å². The second-order valence-electron chi connectivity index (χ2n) is 10.0. The molecule has 4 nitrogen and oxygen atoms in total. The molecular weight excluding hydrogens is 393 g/mol. The predicted molar refractivity (Wildman–Crippen MR) is 120 cm³/mol. The lowest BCUT2D eigenvalue weighted by Crippen LogP contribution is -2.40. The van der Waals surface area contributed by atoms with Crippen molar-refractivity contribution >= 4 is 11.5 Å². The molecule has 0 bridgehead atoms. The van der Waals surface area contributed by atoms with E-state index in [1.54, 1.807) is 6.07 Å². The van der Waals surface area contributed by atoms with E-state index in [-0.39, 0.29) is 23.6 Å². The average Bonchev–Trinajstić information content (AvgIpc) is 3.22. The summed E-state index contributed by atoms with van der Waals surface area (Å²) in [6.07, 6.45) is 7.95. The normalized spacial score (nSPS) is 29.6. The number of allylic oxidation sites excluding steroid dienone is 2. The first-order valence-electron chi connectivity index (χ1n) is 11.5. The van der Waals surface area contributed by atoms with E-state index in [1.807, 2.05) is 25.1 Å². The van der Waals surface area contributed by atoms with Gasteiger partial charge in [0, 0.05) is 12.5 Å². The summed E-state index contributed by atoms with van der Waals surface area (Å²) in [5.74, 6) is -0.538. The highest BCUT2D eigenvalue weighted by atomic mass is 19.1. The quantitative estimate of drug-likeness (QED) is 0.702. The van der Waals surface area contributed by atoms with Gasteiger partial charge in [0.15, 0.2) is 0 Å². The fourth-order valence-corrected chi connectivity index (χ4v) is 5.45. The van der Waals surface area contributed by atoms with Crippen LogP contribution in [-0.4, -0.2) is 47.3 Å². The van der Waals surface area contributed by atoms with Gasteiger partial charge in [-0.25, -0.2) is 4.39 Å². The maximum atomic E-state index is 14.0. The van der Waals surface area contributed by atoms with Crippen LogP contribution in [0, 0.1) is 18.2 Å². The number of benzene rings is 1. The van der Waals surface area contributed by atoms with Gasteiger partial charge in [0.05, 0.1) is 12.5 Å². The SMILES string of the molecule is Cc1cc(C2=C(C=C[C@@H]3C[C@@H](O)CC(=O)O3)C(C)(C)CC(N3CCCC3)C2)ccc1F. The Morgan fingerprint density at radius 3 is 2.65 bits per heavy atom. The van der Waals surface area contributed by atoms with Crippen molar-refractivity contribution in [3.63, 3.8) is 0 Å². The summed E-state index contributed by atoms with van der Waals surface area (Å²) in [6, 6.07) is 5.87. The van der Waals surface area contributed by atoms with Crippen molar-refractivity contribution in [1.29, 1.82) is 0 Å². The van der Waals surface area contributed by atoms with Crippen molar-refractivity contribution < 1.29 is 19.0 Å². The van der Waals surface area contributed by atoms with E-state index in [1.165, 1.54) is 24.0 Å². The molecule has 1 N–H and O–H groups in total. The molecule has 0 aromatic heterocycles. The third kappa shape index (κ3) is 4.93. The van der Waals surface area contributed by atoms with Crippen LogP contribution in [0.25, 0.3) is 5.57 Å². The van der Waals surface area contributed by atoms with E-state index in [0.717, 1.165) is 31.5 Å². The van der Waals surface area contributed by atoms with Gasteiger partial charge in [-0.05, 0) is 91.6 Å². The van der Waals surface area contributed by atoms with Crippen LogP contribution >= 0.6 is 0 Å². The number of cyclic esters (lactones) is 1. The van der Waals surface area contributed by atoms with E-state index in [4.69, 9.17) is 4.74 Å². The van der Waals surface area contributed by atoms with E-state index >= 15 is 0 Å². The van der Waals surface area contributed by atoms with Gasteiger partial charge in [-0.15, -0.1) is 0 Å². The Balaban J connectivity index is 1.72. The van der Waals surface area contributed by atoms with Crippen molar-refractivity contribution in [3.05, 3.63) is 52.9 Å². The molecule has 2 aliphatic heterocycles. The van der Waals surface area contributed by atoms with Crippen molar-refractivity contribution in [2.45, 2.75) is 77.5 Å². The highest BCUT2D eigenvalue weighted by Crippen LogP contribution is 2.47. The molecule has 0 radical (unpaired) electrons. The fraction of sp³-hybridized carbons (Fsp3) is 0.577. The van der Waals surface area contributed by atoms with Crippen LogP contribution in [0.1, 0.15) is 63.5 Å². The minimum Gasteiger partial charge on any atom is -0.458 e. The molecule has 0 amide bonds. The molecule has 3 atom stereocenters. The number of halogens is 1. The molecule has 4 rings (SSSR count). The van der Waals surface area contributed by atoms with Crippen LogP contribution < -0.4 is 0 Å². The van der Waals surface area contributed by atoms with Gasteiger partial charge in [-0.3, -0.25) is 4.79 Å². The third-order valence-corrected chi connectivity index (χ3v) is 7.07.